The van der Waals surface area contributed by atoms with Crippen LogP contribution < -0.4 is 5.32 Å². The molecule has 0 spiro atoms. The molecule has 4 rings (SSSR count). The van der Waals surface area contributed by atoms with Crippen molar-refractivity contribution in [1.82, 2.24) is 35.4 Å². The molecular weight excluding hydrogens is 316 g/mol. The number of aromatic amines is 1. The van der Waals surface area contributed by atoms with E-state index in [1.165, 1.54) is 12.8 Å². The molecule has 0 bridgehead atoms. The van der Waals surface area contributed by atoms with Crippen LogP contribution in [-0.4, -0.2) is 35.4 Å². The summed E-state index contributed by atoms with van der Waals surface area (Å²) in [5, 5.41) is 23.2. The van der Waals surface area contributed by atoms with E-state index in [4.69, 9.17) is 0 Å². The molecule has 0 atom stereocenters. The summed E-state index contributed by atoms with van der Waals surface area (Å²) in [6.45, 7) is 6.66. The molecule has 0 saturated heterocycles. The van der Waals surface area contributed by atoms with E-state index in [1.807, 2.05) is 45.0 Å². The minimum atomic E-state index is -0.164. The van der Waals surface area contributed by atoms with Gasteiger partial charge in [0.2, 0.25) is 0 Å². The fraction of sp³-hybridized carbons (Fsp3) is 0.471. The standard InChI is InChI=1S/C17H22N8/c1-17(2,3)25-23-14(20-24-25)10-18-13-8-6-12(7-9-13)16-19-15(21-22-16)11-4-5-11/h6-9,11,18H,4-5,10H2,1-3H3,(H,19,21,22). The number of benzene rings is 1. The Labute approximate surface area is 146 Å². The zero-order valence-corrected chi connectivity index (χ0v) is 14.7. The lowest BCUT2D eigenvalue weighted by Gasteiger charge is -2.15. The number of aromatic nitrogens is 7. The predicted octanol–water partition coefficient (Wildman–Crippen LogP) is 2.70. The summed E-state index contributed by atoms with van der Waals surface area (Å²) < 4.78 is 0. The molecule has 0 unspecified atom stereocenters. The first-order valence-electron chi connectivity index (χ1n) is 8.55. The first kappa shape index (κ1) is 15.7. The fourth-order valence-electron chi connectivity index (χ4n) is 2.46. The third kappa shape index (κ3) is 3.52. The Morgan fingerprint density at radius 1 is 1.20 bits per heavy atom. The maximum absolute atomic E-state index is 4.57. The highest BCUT2D eigenvalue weighted by molar-refractivity contribution is 5.59. The van der Waals surface area contributed by atoms with Crippen LogP contribution in [0.2, 0.25) is 0 Å². The van der Waals surface area contributed by atoms with Gasteiger partial charge in [-0.1, -0.05) is 0 Å². The molecule has 0 aliphatic heterocycles. The molecule has 130 valence electrons. The maximum Gasteiger partial charge on any atom is 0.193 e. The van der Waals surface area contributed by atoms with Crippen molar-refractivity contribution in [1.29, 1.82) is 0 Å². The number of H-pyrrole nitrogens is 1. The van der Waals surface area contributed by atoms with Crippen molar-refractivity contribution in [2.75, 3.05) is 5.32 Å². The number of nitrogens with zero attached hydrogens (tertiary/aromatic N) is 6. The van der Waals surface area contributed by atoms with Gasteiger partial charge < -0.3 is 5.32 Å². The molecule has 1 aliphatic rings. The summed E-state index contributed by atoms with van der Waals surface area (Å²) in [6.07, 6.45) is 2.43. The summed E-state index contributed by atoms with van der Waals surface area (Å²) in [6, 6.07) is 8.05. The summed E-state index contributed by atoms with van der Waals surface area (Å²) in [5.41, 5.74) is 1.84. The molecule has 2 aromatic heterocycles. The Morgan fingerprint density at radius 3 is 2.60 bits per heavy atom. The molecule has 8 nitrogen and oxygen atoms in total. The average Bonchev–Trinajstić information content (AvgIpc) is 3.12. The van der Waals surface area contributed by atoms with Crippen LogP contribution in [0.1, 0.15) is 51.2 Å². The molecule has 1 fully saturated rings. The number of rotatable bonds is 5. The first-order valence-corrected chi connectivity index (χ1v) is 8.55. The van der Waals surface area contributed by atoms with E-state index in [2.05, 4.69) is 35.9 Å². The molecule has 0 amide bonds. The lowest BCUT2D eigenvalue weighted by atomic mass is 10.1. The average molecular weight is 338 g/mol. The normalized spacial score (nSPS) is 14.7. The van der Waals surface area contributed by atoms with Crippen molar-refractivity contribution in [3.63, 3.8) is 0 Å². The quantitative estimate of drug-likeness (QED) is 0.742. The monoisotopic (exact) mass is 338 g/mol. The van der Waals surface area contributed by atoms with Gasteiger partial charge in [0.05, 0.1) is 12.1 Å². The van der Waals surface area contributed by atoms with Crippen LogP contribution in [0.4, 0.5) is 5.69 Å². The zero-order chi connectivity index (χ0) is 17.4. The highest BCUT2D eigenvalue weighted by atomic mass is 15.6. The highest BCUT2D eigenvalue weighted by Gasteiger charge is 2.27. The van der Waals surface area contributed by atoms with Gasteiger partial charge in [0.15, 0.2) is 11.6 Å². The summed E-state index contributed by atoms with van der Waals surface area (Å²) in [4.78, 5) is 6.21. The fourth-order valence-corrected chi connectivity index (χ4v) is 2.46. The van der Waals surface area contributed by atoms with Crippen molar-refractivity contribution in [2.45, 2.75) is 51.6 Å². The molecule has 0 radical (unpaired) electrons. The van der Waals surface area contributed by atoms with Gasteiger partial charge in [-0.15, -0.1) is 10.2 Å². The van der Waals surface area contributed by atoms with E-state index in [-0.39, 0.29) is 5.54 Å². The molecule has 2 N–H and O–H groups in total. The molecule has 1 aliphatic carbocycles. The largest absolute Gasteiger partial charge is 0.378 e. The molecule has 8 heteroatoms. The second-order valence-corrected chi connectivity index (χ2v) is 7.42. The van der Waals surface area contributed by atoms with E-state index in [0.29, 0.717) is 18.3 Å². The Bertz CT molecular complexity index is 851. The minimum absolute atomic E-state index is 0.164. The molecular formula is C17H22N8. The van der Waals surface area contributed by atoms with Crippen LogP contribution in [0.3, 0.4) is 0 Å². The van der Waals surface area contributed by atoms with E-state index < -0.39 is 0 Å². The van der Waals surface area contributed by atoms with E-state index in [9.17, 15) is 0 Å². The van der Waals surface area contributed by atoms with Crippen LogP contribution in [0.25, 0.3) is 11.4 Å². The summed E-state index contributed by atoms with van der Waals surface area (Å²) >= 11 is 0. The molecule has 1 saturated carbocycles. The summed E-state index contributed by atoms with van der Waals surface area (Å²) in [7, 11) is 0. The van der Waals surface area contributed by atoms with Gasteiger partial charge in [0, 0.05) is 17.2 Å². The Hall–Kier alpha value is -2.77. The van der Waals surface area contributed by atoms with Crippen molar-refractivity contribution in [2.24, 2.45) is 0 Å². The van der Waals surface area contributed by atoms with Gasteiger partial charge in [0.25, 0.3) is 0 Å². The zero-order valence-electron chi connectivity index (χ0n) is 14.7. The third-order valence-electron chi connectivity index (χ3n) is 4.12. The number of hydrogen-bond acceptors (Lipinski definition) is 6. The van der Waals surface area contributed by atoms with Crippen molar-refractivity contribution in [3.8, 4) is 11.4 Å². The molecule has 3 aromatic rings. The van der Waals surface area contributed by atoms with Crippen molar-refractivity contribution in [3.05, 3.63) is 35.9 Å². The van der Waals surface area contributed by atoms with Gasteiger partial charge in [-0.05, 0) is 63.1 Å². The Kier molecular flexibility index (Phi) is 3.74. The van der Waals surface area contributed by atoms with Crippen molar-refractivity contribution < 1.29 is 0 Å². The topological polar surface area (TPSA) is 97.2 Å². The smallest absolute Gasteiger partial charge is 0.193 e. The first-order chi connectivity index (χ1) is 12.0. The highest BCUT2D eigenvalue weighted by Crippen LogP contribution is 2.38. The second kappa shape index (κ2) is 5.94. The van der Waals surface area contributed by atoms with Gasteiger partial charge in [-0.2, -0.15) is 9.90 Å². The molecule has 2 heterocycles. The van der Waals surface area contributed by atoms with Crippen LogP contribution in [0.5, 0.6) is 0 Å². The van der Waals surface area contributed by atoms with Crippen LogP contribution in [-0.2, 0) is 12.1 Å². The van der Waals surface area contributed by atoms with Gasteiger partial charge in [-0.25, -0.2) is 4.98 Å². The van der Waals surface area contributed by atoms with E-state index in [1.54, 1.807) is 4.80 Å². The van der Waals surface area contributed by atoms with Gasteiger partial charge in [0.1, 0.15) is 5.82 Å². The van der Waals surface area contributed by atoms with Crippen LogP contribution >= 0.6 is 0 Å². The molecule has 25 heavy (non-hydrogen) atoms. The minimum Gasteiger partial charge on any atom is -0.378 e. The number of anilines is 1. The van der Waals surface area contributed by atoms with Crippen LogP contribution in [0.15, 0.2) is 24.3 Å². The molecule has 1 aromatic carbocycles. The number of tetrazole rings is 1. The second-order valence-electron chi connectivity index (χ2n) is 7.42. The predicted molar refractivity (Wildman–Crippen MR) is 93.9 cm³/mol. The Morgan fingerprint density at radius 2 is 1.96 bits per heavy atom. The van der Waals surface area contributed by atoms with Gasteiger partial charge in [-0.3, -0.25) is 5.10 Å². The summed E-state index contributed by atoms with van der Waals surface area (Å²) in [5.74, 6) is 3.01. The lowest BCUT2D eigenvalue weighted by molar-refractivity contribution is 0.305. The SMILES string of the molecule is CC(C)(C)n1nnc(CNc2ccc(-c3n[nH]c(C4CC4)n3)cc2)n1. The Balaban J connectivity index is 1.39. The lowest BCUT2D eigenvalue weighted by Crippen LogP contribution is -2.24. The van der Waals surface area contributed by atoms with Crippen LogP contribution in [0, 0.1) is 0 Å². The maximum atomic E-state index is 4.57. The number of nitrogens with one attached hydrogen (secondary N) is 2. The third-order valence-corrected chi connectivity index (χ3v) is 4.12. The van der Waals surface area contributed by atoms with E-state index in [0.717, 1.165) is 22.9 Å². The van der Waals surface area contributed by atoms with Gasteiger partial charge >= 0.3 is 0 Å². The van der Waals surface area contributed by atoms with Crippen molar-refractivity contribution >= 4 is 5.69 Å². The van der Waals surface area contributed by atoms with E-state index >= 15 is 0 Å². The number of hydrogen-bond donors (Lipinski definition) is 2.